The third kappa shape index (κ3) is 3.57. The van der Waals surface area contributed by atoms with Crippen molar-refractivity contribution in [1.29, 1.82) is 0 Å². The highest BCUT2D eigenvalue weighted by Gasteiger charge is 1.96. The van der Waals surface area contributed by atoms with Gasteiger partial charge in [-0.05, 0) is 35.4 Å². The van der Waals surface area contributed by atoms with Crippen LogP contribution in [0.4, 0.5) is 10.1 Å². The summed E-state index contributed by atoms with van der Waals surface area (Å²) in [5.41, 5.74) is 8.51. The standard InChI is InChI=1S/C14H15FN2/c15-13-5-1-3-11(7-13)9-17-10-12-4-2-6-14(16)8-12/h1-8,17H,9-10,16H2. The van der Waals surface area contributed by atoms with Crippen LogP contribution in [0.15, 0.2) is 48.5 Å². The Morgan fingerprint density at radius 1 is 0.941 bits per heavy atom. The maximum absolute atomic E-state index is 12.9. The van der Waals surface area contributed by atoms with Crippen molar-refractivity contribution in [3.8, 4) is 0 Å². The molecule has 0 aliphatic rings. The fourth-order valence-corrected chi connectivity index (χ4v) is 1.70. The molecule has 88 valence electrons. The van der Waals surface area contributed by atoms with E-state index in [-0.39, 0.29) is 5.82 Å². The largest absolute Gasteiger partial charge is 0.399 e. The van der Waals surface area contributed by atoms with Crippen molar-refractivity contribution in [3.05, 3.63) is 65.5 Å². The summed E-state index contributed by atoms with van der Waals surface area (Å²) in [6.07, 6.45) is 0. The van der Waals surface area contributed by atoms with Gasteiger partial charge in [-0.2, -0.15) is 0 Å². The highest BCUT2D eigenvalue weighted by atomic mass is 19.1. The highest BCUT2D eigenvalue weighted by Crippen LogP contribution is 2.07. The van der Waals surface area contributed by atoms with Gasteiger partial charge in [-0.15, -0.1) is 0 Å². The summed E-state index contributed by atoms with van der Waals surface area (Å²) in [5.74, 6) is -0.201. The van der Waals surface area contributed by atoms with Crippen LogP contribution in [0.5, 0.6) is 0 Å². The topological polar surface area (TPSA) is 38.0 Å². The van der Waals surface area contributed by atoms with E-state index in [0.717, 1.165) is 23.4 Å². The van der Waals surface area contributed by atoms with Gasteiger partial charge in [-0.1, -0.05) is 24.3 Å². The molecule has 0 bridgehead atoms. The zero-order chi connectivity index (χ0) is 12.1. The summed E-state index contributed by atoms with van der Waals surface area (Å²) in [5, 5.41) is 3.25. The molecule has 0 aliphatic carbocycles. The fraction of sp³-hybridized carbons (Fsp3) is 0.143. The third-order valence-electron chi connectivity index (χ3n) is 2.50. The first-order valence-corrected chi connectivity index (χ1v) is 5.53. The van der Waals surface area contributed by atoms with Crippen molar-refractivity contribution < 1.29 is 4.39 Å². The second-order valence-corrected chi connectivity index (χ2v) is 3.98. The summed E-state index contributed by atoms with van der Waals surface area (Å²) in [6.45, 7) is 1.37. The van der Waals surface area contributed by atoms with Gasteiger partial charge in [-0.3, -0.25) is 0 Å². The van der Waals surface area contributed by atoms with Gasteiger partial charge in [0.2, 0.25) is 0 Å². The molecule has 0 heterocycles. The van der Waals surface area contributed by atoms with Crippen molar-refractivity contribution in [3.63, 3.8) is 0 Å². The summed E-state index contributed by atoms with van der Waals surface area (Å²) in [4.78, 5) is 0. The number of halogens is 1. The Bertz CT molecular complexity index is 452. The average Bonchev–Trinajstić information content (AvgIpc) is 2.29. The first-order valence-electron chi connectivity index (χ1n) is 5.53. The van der Waals surface area contributed by atoms with Gasteiger partial charge in [0, 0.05) is 18.8 Å². The predicted octanol–water partition coefficient (Wildman–Crippen LogP) is 2.70. The molecule has 0 fully saturated rings. The van der Waals surface area contributed by atoms with E-state index in [1.165, 1.54) is 12.1 Å². The lowest BCUT2D eigenvalue weighted by atomic mass is 10.2. The van der Waals surface area contributed by atoms with Crippen molar-refractivity contribution in [2.45, 2.75) is 13.1 Å². The van der Waals surface area contributed by atoms with Gasteiger partial charge in [0.15, 0.2) is 0 Å². The molecule has 0 saturated carbocycles. The maximum Gasteiger partial charge on any atom is 0.123 e. The second-order valence-electron chi connectivity index (χ2n) is 3.98. The minimum atomic E-state index is -0.201. The van der Waals surface area contributed by atoms with Crippen molar-refractivity contribution >= 4 is 5.69 Å². The molecule has 0 amide bonds. The van der Waals surface area contributed by atoms with Gasteiger partial charge in [-0.25, -0.2) is 4.39 Å². The lowest BCUT2D eigenvalue weighted by molar-refractivity contribution is 0.620. The van der Waals surface area contributed by atoms with Gasteiger partial charge in [0.05, 0.1) is 0 Å². The molecule has 2 nitrogen and oxygen atoms in total. The number of nitrogen functional groups attached to an aromatic ring is 1. The molecule has 0 unspecified atom stereocenters. The van der Waals surface area contributed by atoms with Gasteiger partial charge in [0.1, 0.15) is 5.82 Å². The van der Waals surface area contributed by atoms with Crippen LogP contribution in [-0.2, 0) is 13.1 Å². The normalized spacial score (nSPS) is 10.4. The Labute approximate surface area is 100 Å². The second kappa shape index (κ2) is 5.46. The van der Waals surface area contributed by atoms with Crippen LogP contribution in [0.1, 0.15) is 11.1 Å². The van der Waals surface area contributed by atoms with Gasteiger partial charge in [0.25, 0.3) is 0 Å². The molecule has 0 aliphatic heterocycles. The fourth-order valence-electron chi connectivity index (χ4n) is 1.70. The monoisotopic (exact) mass is 230 g/mol. The number of nitrogens with one attached hydrogen (secondary N) is 1. The quantitative estimate of drug-likeness (QED) is 0.792. The van der Waals surface area contributed by atoms with Crippen LogP contribution in [0, 0.1) is 5.82 Å². The molecule has 0 saturated heterocycles. The highest BCUT2D eigenvalue weighted by molar-refractivity contribution is 5.40. The number of benzene rings is 2. The van der Waals surface area contributed by atoms with E-state index in [1.54, 1.807) is 6.07 Å². The summed E-state index contributed by atoms with van der Waals surface area (Å²) >= 11 is 0. The predicted molar refractivity (Wildman–Crippen MR) is 67.8 cm³/mol. The molecule has 2 aromatic rings. The molecule has 0 radical (unpaired) electrons. The van der Waals surface area contributed by atoms with Crippen LogP contribution in [-0.4, -0.2) is 0 Å². The molecular formula is C14H15FN2. The first-order chi connectivity index (χ1) is 8.24. The lowest BCUT2D eigenvalue weighted by Crippen LogP contribution is -2.12. The molecule has 3 heteroatoms. The van der Waals surface area contributed by atoms with Crippen molar-refractivity contribution in [2.75, 3.05) is 5.73 Å². The number of rotatable bonds is 4. The summed E-state index contributed by atoms with van der Waals surface area (Å²) in [6, 6.07) is 14.3. The van der Waals surface area contributed by atoms with E-state index in [0.29, 0.717) is 6.54 Å². The molecule has 0 aromatic heterocycles. The molecular weight excluding hydrogens is 215 g/mol. The van der Waals surface area contributed by atoms with Crippen LogP contribution < -0.4 is 11.1 Å². The Morgan fingerprint density at radius 2 is 1.59 bits per heavy atom. The summed E-state index contributed by atoms with van der Waals surface area (Å²) < 4.78 is 12.9. The van der Waals surface area contributed by atoms with E-state index < -0.39 is 0 Å². The van der Waals surface area contributed by atoms with E-state index in [2.05, 4.69) is 5.32 Å². The molecule has 17 heavy (non-hydrogen) atoms. The van der Waals surface area contributed by atoms with Gasteiger partial charge < -0.3 is 11.1 Å². The van der Waals surface area contributed by atoms with Crippen LogP contribution in [0.2, 0.25) is 0 Å². The Balaban J connectivity index is 1.87. The van der Waals surface area contributed by atoms with Gasteiger partial charge >= 0.3 is 0 Å². The SMILES string of the molecule is Nc1cccc(CNCc2cccc(F)c2)c1. The molecule has 3 N–H and O–H groups in total. The number of anilines is 1. The molecule has 0 atom stereocenters. The zero-order valence-corrected chi connectivity index (χ0v) is 9.49. The number of hydrogen-bond acceptors (Lipinski definition) is 2. The number of hydrogen-bond donors (Lipinski definition) is 2. The zero-order valence-electron chi connectivity index (χ0n) is 9.49. The van der Waals surface area contributed by atoms with Crippen LogP contribution in [0.3, 0.4) is 0 Å². The van der Waals surface area contributed by atoms with Crippen LogP contribution in [0.25, 0.3) is 0 Å². The van der Waals surface area contributed by atoms with E-state index in [1.807, 2.05) is 30.3 Å². The first kappa shape index (κ1) is 11.6. The smallest absolute Gasteiger partial charge is 0.123 e. The lowest BCUT2D eigenvalue weighted by Gasteiger charge is -2.06. The van der Waals surface area contributed by atoms with Crippen LogP contribution >= 0.6 is 0 Å². The Kier molecular flexibility index (Phi) is 3.73. The Hall–Kier alpha value is -1.87. The third-order valence-corrected chi connectivity index (χ3v) is 2.50. The molecule has 0 spiro atoms. The Morgan fingerprint density at radius 3 is 2.24 bits per heavy atom. The summed E-state index contributed by atoms with van der Waals surface area (Å²) in [7, 11) is 0. The average molecular weight is 230 g/mol. The van der Waals surface area contributed by atoms with Crippen molar-refractivity contribution in [1.82, 2.24) is 5.32 Å². The molecule has 2 aromatic carbocycles. The molecule has 2 rings (SSSR count). The minimum Gasteiger partial charge on any atom is -0.399 e. The maximum atomic E-state index is 12.9. The number of nitrogens with two attached hydrogens (primary N) is 1. The van der Waals surface area contributed by atoms with E-state index in [9.17, 15) is 4.39 Å². The minimum absolute atomic E-state index is 0.201. The van der Waals surface area contributed by atoms with E-state index in [4.69, 9.17) is 5.73 Å². The van der Waals surface area contributed by atoms with E-state index >= 15 is 0 Å². The van der Waals surface area contributed by atoms with Crippen molar-refractivity contribution in [2.24, 2.45) is 0 Å².